The lowest BCUT2D eigenvalue weighted by molar-refractivity contribution is 0.0931. The minimum absolute atomic E-state index is 0.0166. The monoisotopic (exact) mass is 330 g/mol. The van der Waals surface area contributed by atoms with E-state index in [1.54, 1.807) is 23.0 Å². The number of rotatable bonds is 5. The van der Waals surface area contributed by atoms with Crippen LogP contribution in [0, 0.1) is 5.82 Å². The molecule has 3 aromatic rings. The number of anilines is 1. The van der Waals surface area contributed by atoms with E-state index in [1.807, 2.05) is 0 Å². The maximum Gasteiger partial charge on any atom is 0.280 e. The third-order valence-electron chi connectivity index (χ3n) is 3.45. The van der Waals surface area contributed by atoms with Crippen molar-refractivity contribution in [3.05, 3.63) is 54.5 Å². The van der Waals surface area contributed by atoms with Gasteiger partial charge in [-0.3, -0.25) is 9.69 Å². The van der Waals surface area contributed by atoms with Crippen molar-refractivity contribution in [2.75, 3.05) is 25.9 Å². The predicted molar refractivity (Wildman–Crippen MR) is 84.6 cm³/mol. The second-order valence-electron chi connectivity index (χ2n) is 4.94. The summed E-state index contributed by atoms with van der Waals surface area (Å²) in [6.45, 7) is -0.0166. The molecule has 0 N–H and O–H groups in total. The third-order valence-corrected chi connectivity index (χ3v) is 3.45. The molecule has 0 atom stereocenters. The lowest BCUT2D eigenvalue weighted by Crippen LogP contribution is -2.33. The molecule has 1 aromatic carbocycles. The van der Waals surface area contributed by atoms with E-state index < -0.39 is 5.82 Å². The van der Waals surface area contributed by atoms with Crippen LogP contribution in [0.2, 0.25) is 0 Å². The van der Waals surface area contributed by atoms with E-state index in [9.17, 15) is 9.18 Å². The SMILES string of the molecule is COCN(C(=O)c1cn2ccnc2cn1)c1ccc(F)c(OC)c1. The van der Waals surface area contributed by atoms with Crippen molar-refractivity contribution in [3.63, 3.8) is 0 Å². The zero-order valence-electron chi connectivity index (χ0n) is 13.1. The summed E-state index contributed by atoms with van der Waals surface area (Å²) in [6.07, 6.45) is 6.41. The van der Waals surface area contributed by atoms with E-state index in [4.69, 9.17) is 9.47 Å². The molecular formula is C16H15FN4O3. The van der Waals surface area contributed by atoms with Crippen LogP contribution in [0.15, 0.2) is 43.0 Å². The van der Waals surface area contributed by atoms with Crippen LogP contribution in [0.4, 0.5) is 10.1 Å². The molecule has 0 bridgehead atoms. The van der Waals surface area contributed by atoms with Gasteiger partial charge in [0.15, 0.2) is 17.2 Å². The summed E-state index contributed by atoms with van der Waals surface area (Å²) in [6, 6.07) is 4.14. The molecule has 0 aliphatic carbocycles. The van der Waals surface area contributed by atoms with Crippen molar-refractivity contribution in [1.82, 2.24) is 14.4 Å². The van der Waals surface area contributed by atoms with Crippen molar-refractivity contribution in [3.8, 4) is 5.75 Å². The molecule has 0 unspecified atom stereocenters. The third kappa shape index (κ3) is 2.91. The molecular weight excluding hydrogens is 315 g/mol. The fraction of sp³-hybridized carbons (Fsp3) is 0.188. The Morgan fingerprint density at radius 2 is 2.17 bits per heavy atom. The van der Waals surface area contributed by atoms with Crippen molar-refractivity contribution < 1.29 is 18.7 Å². The summed E-state index contributed by atoms with van der Waals surface area (Å²) in [5.41, 5.74) is 1.28. The highest BCUT2D eigenvalue weighted by Crippen LogP contribution is 2.25. The molecule has 0 fully saturated rings. The number of carbonyl (C=O) groups excluding carboxylic acids is 1. The van der Waals surface area contributed by atoms with Gasteiger partial charge in [-0.05, 0) is 12.1 Å². The number of benzene rings is 1. The van der Waals surface area contributed by atoms with Gasteiger partial charge in [-0.2, -0.15) is 0 Å². The van der Waals surface area contributed by atoms with Crippen LogP contribution >= 0.6 is 0 Å². The Labute approximate surface area is 137 Å². The average molecular weight is 330 g/mol. The smallest absolute Gasteiger partial charge is 0.280 e. The summed E-state index contributed by atoms with van der Waals surface area (Å²) in [5, 5.41) is 0. The second-order valence-corrected chi connectivity index (χ2v) is 4.94. The van der Waals surface area contributed by atoms with Crippen LogP contribution < -0.4 is 9.64 Å². The molecule has 0 saturated heterocycles. The predicted octanol–water partition coefficient (Wildman–Crippen LogP) is 2.13. The minimum Gasteiger partial charge on any atom is -0.494 e. The van der Waals surface area contributed by atoms with Crippen molar-refractivity contribution in [1.29, 1.82) is 0 Å². The first-order valence-corrected chi connectivity index (χ1v) is 7.07. The van der Waals surface area contributed by atoms with E-state index in [2.05, 4.69) is 9.97 Å². The van der Waals surface area contributed by atoms with Gasteiger partial charge in [0.1, 0.15) is 12.4 Å². The van der Waals surface area contributed by atoms with Crippen LogP contribution in [0.5, 0.6) is 5.75 Å². The van der Waals surface area contributed by atoms with E-state index in [-0.39, 0.29) is 24.1 Å². The molecule has 3 rings (SSSR count). The standard InChI is InChI=1S/C16H15FN4O3/c1-23-10-21(11-3-4-12(17)14(7-11)24-2)16(22)13-9-20-6-5-18-15(20)8-19-13/h3-9H,10H2,1-2H3. The van der Waals surface area contributed by atoms with Crippen LogP contribution in [-0.4, -0.2) is 41.2 Å². The van der Waals surface area contributed by atoms with Gasteiger partial charge >= 0.3 is 0 Å². The number of hydrogen-bond acceptors (Lipinski definition) is 5. The van der Waals surface area contributed by atoms with E-state index in [0.29, 0.717) is 11.3 Å². The van der Waals surface area contributed by atoms with Gasteiger partial charge in [-0.1, -0.05) is 0 Å². The van der Waals surface area contributed by atoms with Gasteiger partial charge in [-0.15, -0.1) is 0 Å². The summed E-state index contributed by atoms with van der Waals surface area (Å²) >= 11 is 0. The molecule has 0 aliphatic rings. The molecule has 0 spiro atoms. The van der Waals surface area contributed by atoms with Crippen molar-refractivity contribution in [2.24, 2.45) is 0 Å². The van der Waals surface area contributed by atoms with Gasteiger partial charge in [0, 0.05) is 31.8 Å². The molecule has 8 heteroatoms. The molecule has 2 aromatic heterocycles. The second kappa shape index (κ2) is 6.63. The number of amides is 1. The Morgan fingerprint density at radius 3 is 2.92 bits per heavy atom. The van der Waals surface area contributed by atoms with E-state index in [0.717, 1.165) is 0 Å². The summed E-state index contributed by atoms with van der Waals surface area (Å²) in [4.78, 5) is 22.4. The van der Waals surface area contributed by atoms with Gasteiger partial charge in [-0.25, -0.2) is 14.4 Å². The number of aromatic nitrogens is 3. The van der Waals surface area contributed by atoms with Crippen LogP contribution in [0.1, 0.15) is 10.5 Å². The summed E-state index contributed by atoms with van der Waals surface area (Å²) in [5.74, 6) is -0.857. The summed E-state index contributed by atoms with van der Waals surface area (Å²) in [7, 11) is 2.83. The molecule has 1 amide bonds. The van der Waals surface area contributed by atoms with Crippen molar-refractivity contribution in [2.45, 2.75) is 0 Å². The Balaban J connectivity index is 1.98. The highest BCUT2D eigenvalue weighted by atomic mass is 19.1. The minimum atomic E-state index is -0.510. The highest BCUT2D eigenvalue weighted by Gasteiger charge is 2.21. The molecule has 7 nitrogen and oxygen atoms in total. The number of imidazole rings is 1. The number of nitrogens with zero attached hydrogens (tertiary/aromatic N) is 4. The molecule has 0 radical (unpaired) electrons. The number of methoxy groups -OCH3 is 2. The number of carbonyl (C=O) groups is 1. The molecule has 24 heavy (non-hydrogen) atoms. The number of halogens is 1. The number of fused-ring (bicyclic) bond motifs is 1. The van der Waals surface area contributed by atoms with Gasteiger partial charge < -0.3 is 13.9 Å². The number of hydrogen-bond donors (Lipinski definition) is 0. The first kappa shape index (κ1) is 15.9. The van der Waals surface area contributed by atoms with E-state index in [1.165, 1.54) is 43.5 Å². The normalized spacial score (nSPS) is 10.8. The first-order valence-electron chi connectivity index (χ1n) is 7.07. The lowest BCUT2D eigenvalue weighted by Gasteiger charge is -2.22. The molecule has 0 saturated carbocycles. The maximum atomic E-state index is 13.6. The zero-order valence-corrected chi connectivity index (χ0v) is 13.1. The van der Waals surface area contributed by atoms with Gasteiger partial charge in [0.05, 0.1) is 19.0 Å². The van der Waals surface area contributed by atoms with Crippen LogP contribution in [-0.2, 0) is 4.74 Å². The number of ether oxygens (including phenoxy) is 2. The Hall–Kier alpha value is -3.00. The zero-order chi connectivity index (χ0) is 17.1. The van der Waals surface area contributed by atoms with Gasteiger partial charge in [0.25, 0.3) is 5.91 Å². The van der Waals surface area contributed by atoms with E-state index >= 15 is 0 Å². The average Bonchev–Trinajstić information content (AvgIpc) is 3.07. The lowest BCUT2D eigenvalue weighted by atomic mass is 10.2. The highest BCUT2D eigenvalue weighted by molar-refractivity contribution is 6.04. The largest absolute Gasteiger partial charge is 0.494 e. The first-order chi connectivity index (χ1) is 11.6. The molecule has 0 aliphatic heterocycles. The molecule has 124 valence electrons. The summed E-state index contributed by atoms with van der Waals surface area (Å²) < 4.78 is 25.4. The van der Waals surface area contributed by atoms with Crippen molar-refractivity contribution >= 4 is 17.2 Å². The topological polar surface area (TPSA) is 69.0 Å². The Bertz CT molecular complexity index is 881. The Morgan fingerprint density at radius 1 is 1.33 bits per heavy atom. The maximum absolute atomic E-state index is 13.6. The fourth-order valence-electron chi connectivity index (χ4n) is 2.27. The quantitative estimate of drug-likeness (QED) is 0.670. The fourth-order valence-corrected chi connectivity index (χ4v) is 2.27. The molecule has 2 heterocycles. The van der Waals surface area contributed by atoms with Gasteiger partial charge in [0.2, 0.25) is 0 Å². The van der Waals surface area contributed by atoms with Crippen LogP contribution in [0.3, 0.4) is 0 Å². The Kier molecular flexibility index (Phi) is 4.39. The van der Waals surface area contributed by atoms with Crippen LogP contribution in [0.25, 0.3) is 5.65 Å².